The Kier molecular flexibility index (Phi) is 4.21. The Morgan fingerprint density at radius 2 is 1.93 bits per heavy atom. The molecule has 2 heterocycles. The van der Waals surface area contributed by atoms with Crippen LogP contribution in [0.4, 0.5) is 18.9 Å². The summed E-state index contributed by atoms with van der Waals surface area (Å²) in [6.07, 6.45) is 1.25. The predicted octanol–water partition coefficient (Wildman–Crippen LogP) is 4.40. The summed E-state index contributed by atoms with van der Waals surface area (Å²) in [5.74, 6) is 0.470. The quantitative estimate of drug-likeness (QED) is 0.733. The monoisotopic (exact) mass is 376 g/mol. The third kappa shape index (κ3) is 3.57. The first-order chi connectivity index (χ1) is 12.9. The van der Waals surface area contributed by atoms with Crippen LogP contribution in [0.15, 0.2) is 47.2 Å². The summed E-state index contributed by atoms with van der Waals surface area (Å²) >= 11 is 0. The molecule has 1 saturated carbocycles. The first-order valence-corrected chi connectivity index (χ1v) is 8.40. The van der Waals surface area contributed by atoms with E-state index in [0.717, 1.165) is 30.0 Å². The predicted molar refractivity (Wildman–Crippen MR) is 89.6 cm³/mol. The van der Waals surface area contributed by atoms with E-state index in [2.05, 4.69) is 15.4 Å². The van der Waals surface area contributed by atoms with Gasteiger partial charge >= 0.3 is 6.18 Å². The van der Waals surface area contributed by atoms with Crippen LogP contribution in [0.25, 0.3) is 5.69 Å². The largest absolute Gasteiger partial charge is 0.448 e. The van der Waals surface area contributed by atoms with Crippen LogP contribution in [0.1, 0.15) is 47.3 Å². The molecule has 1 N–H and O–H groups in total. The number of oxazole rings is 1. The van der Waals surface area contributed by atoms with Crippen molar-refractivity contribution in [3.8, 4) is 5.69 Å². The molecular formula is C18H15F3N4O2. The third-order valence-corrected chi connectivity index (χ3v) is 4.48. The van der Waals surface area contributed by atoms with Crippen LogP contribution in [0.3, 0.4) is 0 Å². The van der Waals surface area contributed by atoms with Crippen LogP contribution >= 0.6 is 0 Å². The molecule has 0 radical (unpaired) electrons. The van der Waals surface area contributed by atoms with Gasteiger partial charge in [-0.1, -0.05) is 6.42 Å². The molecule has 6 nitrogen and oxygen atoms in total. The normalized spacial score (nSPS) is 14.8. The fourth-order valence-electron chi connectivity index (χ4n) is 2.75. The van der Waals surface area contributed by atoms with Crippen molar-refractivity contribution in [1.82, 2.24) is 14.8 Å². The minimum atomic E-state index is -4.49. The highest BCUT2D eigenvalue weighted by molar-refractivity contribution is 6.02. The molecule has 2 aromatic heterocycles. The number of benzene rings is 1. The second-order valence-corrected chi connectivity index (χ2v) is 6.34. The summed E-state index contributed by atoms with van der Waals surface area (Å²) in [6, 6.07) is 7.18. The molecule has 0 spiro atoms. The highest BCUT2D eigenvalue weighted by Crippen LogP contribution is 2.35. The van der Waals surface area contributed by atoms with Gasteiger partial charge in [0, 0.05) is 17.8 Å². The van der Waals surface area contributed by atoms with Crippen LogP contribution in [0.2, 0.25) is 0 Å². The molecule has 0 saturated heterocycles. The molecule has 1 fully saturated rings. The number of aromatic nitrogens is 3. The molecule has 27 heavy (non-hydrogen) atoms. The average Bonchev–Trinajstić information content (AvgIpc) is 3.23. The van der Waals surface area contributed by atoms with Crippen molar-refractivity contribution in [2.75, 3.05) is 5.32 Å². The van der Waals surface area contributed by atoms with E-state index in [1.807, 2.05) is 0 Å². The van der Waals surface area contributed by atoms with Crippen molar-refractivity contribution in [1.29, 1.82) is 0 Å². The van der Waals surface area contributed by atoms with Crippen molar-refractivity contribution in [3.63, 3.8) is 0 Å². The van der Waals surface area contributed by atoms with E-state index in [0.29, 0.717) is 23.2 Å². The lowest BCUT2D eigenvalue weighted by molar-refractivity contribution is -0.141. The summed E-state index contributed by atoms with van der Waals surface area (Å²) in [6.45, 7) is 0. The van der Waals surface area contributed by atoms with E-state index in [4.69, 9.17) is 4.42 Å². The number of carbonyl (C=O) groups is 1. The van der Waals surface area contributed by atoms with Crippen molar-refractivity contribution in [2.24, 2.45) is 0 Å². The molecule has 9 heteroatoms. The summed E-state index contributed by atoms with van der Waals surface area (Å²) < 4.78 is 44.4. The molecule has 1 amide bonds. The number of anilines is 1. The SMILES string of the molecule is O=C(Nc1ccc(-n2ccc(C(F)(F)F)n2)cc1)c1coc(C2CCC2)n1. The Balaban J connectivity index is 1.43. The average molecular weight is 376 g/mol. The first-order valence-electron chi connectivity index (χ1n) is 8.40. The number of rotatable bonds is 4. The Bertz CT molecular complexity index is 956. The zero-order valence-corrected chi connectivity index (χ0v) is 14.0. The number of halogens is 3. The lowest BCUT2D eigenvalue weighted by Gasteiger charge is -2.21. The minimum Gasteiger partial charge on any atom is -0.448 e. The second kappa shape index (κ2) is 6.57. The van der Waals surface area contributed by atoms with Gasteiger partial charge in [0.1, 0.15) is 6.26 Å². The Labute approximate surface area is 152 Å². The molecule has 0 bridgehead atoms. The molecule has 4 rings (SSSR count). The van der Waals surface area contributed by atoms with E-state index in [1.54, 1.807) is 24.3 Å². The second-order valence-electron chi connectivity index (χ2n) is 6.34. The van der Waals surface area contributed by atoms with Gasteiger partial charge in [0.2, 0.25) is 0 Å². The number of hydrogen-bond donors (Lipinski definition) is 1. The molecule has 0 atom stereocenters. The van der Waals surface area contributed by atoms with Crippen LogP contribution in [-0.2, 0) is 6.18 Å². The van der Waals surface area contributed by atoms with Crippen LogP contribution in [0.5, 0.6) is 0 Å². The highest BCUT2D eigenvalue weighted by Gasteiger charge is 2.33. The van der Waals surface area contributed by atoms with Gasteiger partial charge < -0.3 is 9.73 Å². The molecule has 1 aliphatic carbocycles. The molecule has 3 aromatic rings. The van der Waals surface area contributed by atoms with Gasteiger partial charge in [0.25, 0.3) is 5.91 Å². The fraction of sp³-hybridized carbons (Fsp3) is 0.278. The number of nitrogens with zero attached hydrogens (tertiary/aromatic N) is 3. The van der Waals surface area contributed by atoms with Crippen molar-refractivity contribution in [3.05, 3.63) is 60.1 Å². The topological polar surface area (TPSA) is 73.0 Å². The standard InChI is InChI=1S/C18H15F3N4O2/c19-18(20,21)15-8-9-25(24-15)13-6-4-12(5-7-13)22-16(26)14-10-27-17(23-14)11-2-1-3-11/h4-11H,1-3H2,(H,22,26). The van der Waals surface area contributed by atoms with Crippen LogP contribution in [-0.4, -0.2) is 20.7 Å². The summed E-state index contributed by atoms with van der Waals surface area (Å²) in [4.78, 5) is 16.5. The fourth-order valence-corrected chi connectivity index (χ4v) is 2.75. The van der Waals surface area contributed by atoms with Gasteiger partial charge in [-0.05, 0) is 43.2 Å². The van der Waals surface area contributed by atoms with Crippen molar-refractivity contribution < 1.29 is 22.4 Å². The number of alkyl halides is 3. The van der Waals surface area contributed by atoms with E-state index in [9.17, 15) is 18.0 Å². The van der Waals surface area contributed by atoms with Gasteiger partial charge in [0.15, 0.2) is 17.3 Å². The van der Waals surface area contributed by atoms with Gasteiger partial charge in [-0.15, -0.1) is 0 Å². The number of nitrogens with one attached hydrogen (secondary N) is 1. The zero-order valence-electron chi connectivity index (χ0n) is 14.0. The summed E-state index contributed by atoms with van der Waals surface area (Å²) in [5, 5.41) is 6.19. The molecule has 1 aromatic carbocycles. The first kappa shape index (κ1) is 17.3. The Morgan fingerprint density at radius 3 is 2.52 bits per heavy atom. The summed E-state index contributed by atoms with van der Waals surface area (Å²) in [7, 11) is 0. The van der Waals surface area contributed by atoms with E-state index in [1.165, 1.54) is 12.5 Å². The number of hydrogen-bond acceptors (Lipinski definition) is 4. The maximum atomic E-state index is 12.6. The van der Waals surface area contributed by atoms with Crippen LogP contribution < -0.4 is 5.32 Å². The Hall–Kier alpha value is -3.10. The summed E-state index contributed by atoms with van der Waals surface area (Å²) in [5.41, 5.74) is 0.161. The smallest absolute Gasteiger partial charge is 0.435 e. The van der Waals surface area contributed by atoms with E-state index < -0.39 is 17.8 Å². The maximum absolute atomic E-state index is 12.6. The minimum absolute atomic E-state index is 0.197. The van der Waals surface area contributed by atoms with E-state index >= 15 is 0 Å². The van der Waals surface area contributed by atoms with Crippen molar-refractivity contribution in [2.45, 2.75) is 31.4 Å². The van der Waals surface area contributed by atoms with Crippen molar-refractivity contribution >= 4 is 11.6 Å². The lowest BCUT2D eigenvalue weighted by atomic mass is 9.85. The molecule has 0 aliphatic heterocycles. The lowest BCUT2D eigenvalue weighted by Crippen LogP contribution is -2.14. The zero-order chi connectivity index (χ0) is 19.0. The maximum Gasteiger partial charge on any atom is 0.435 e. The molecule has 1 aliphatic rings. The molecule has 0 unspecified atom stereocenters. The highest BCUT2D eigenvalue weighted by atomic mass is 19.4. The van der Waals surface area contributed by atoms with Crippen LogP contribution in [0, 0.1) is 0 Å². The molecular weight excluding hydrogens is 361 g/mol. The van der Waals surface area contributed by atoms with Gasteiger partial charge in [0.05, 0.1) is 5.69 Å². The number of carbonyl (C=O) groups excluding carboxylic acids is 1. The van der Waals surface area contributed by atoms with Gasteiger partial charge in [-0.25, -0.2) is 9.67 Å². The third-order valence-electron chi connectivity index (χ3n) is 4.48. The van der Waals surface area contributed by atoms with Gasteiger partial charge in [-0.2, -0.15) is 18.3 Å². The molecule has 140 valence electrons. The van der Waals surface area contributed by atoms with E-state index in [-0.39, 0.29) is 5.69 Å². The van der Waals surface area contributed by atoms with Gasteiger partial charge in [-0.3, -0.25) is 4.79 Å². The number of amides is 1. The Morgan fingerprint density at radius 1 is 1.19 bits per heavy atom.